The average Bonchev–Trinajstić information content (AvgIpc) is 3.50. The van der Waals surface area contributed by atoms with Crippen LogP contribution < -0.4 is 0 Å². The molecule has 1 atom stereocenters. The highest BCUT2D eigenvalue weighted by molar-refractivity contribution is 5.99. The van der Waals surface area contributed by atoms with Gasteiger partial charge >= 0.3 is 0 Å². The topological polar surface area (TPSA) is 72.6 Å². The van der Waals surface area contributed by atoms with Crippen LogP contribution in [0.5, 0.6) is 0 Å². The predicted octanol–water partition coefficient (Wildman–Crippen LogP) is 5.02. The van der Waals surface area contributed by atoms with E-state index in [1.807, 2.05) is 48.6 Å². The fourth-order valence-corrected chi connectivity index (χ4v) is 5.87. The SMILES string of the molecule is COCC(C)N1Cc2cc(-c3cnc4ncc(C5(c6cccc7cccnc67)CC5)n4c3)ccc2C1=O. The summed E-state index contributed by atoms with van der Waals surface area (Å²) in [7, 11) is 1.67. The van der Waals surface area contributed by atoms with Gasteiger partial charge in [0, 0.05) is 54.2 Å². The highest BCUT2D eigenvalue weighted by Gasteiger charge is 2.49. The van der Waals surface area contributed by atoms with Gasteiger partial charge in [0.25, 0.3) is 5.91 Å². The largest absolute Gasteiger partial charge is 0.383 e. The Labute approximate surface area is 214 Å². The maximum absolute atomic E-state index is 12.9. The number of methoxy groups -OCH3 is 1. The first-order chi connectivity index (χ1) is 18.1. The van der Waals surface area contributed by atoms with Crippen LogP contribution in [0.1, 0.15) is 46.9 Å². The molecule has 0 spiro atoms. The molecule has 7 nitrogen and oxygen atoms in total. The Kier molecular flexibility index (Phi) is 4.91. The van der Waals surface area contributed by atoms with Crippen LogP contribution in [0.3, 0.4) is 0 Å². The van der Waals surface area contributed by atoms with Crippen molar-refractivity contribution in [2.24, 2.45) is 0 Å². The van der Waals surface area contributed by atoms with Crippen molar-refractivity contribution < 1.29 is 9.53 Å². The predicted molar refractivity (Wildman–Crippen MR) is 141 cm³/mol. The molecule has 0 saturated heterocycles. The zero-order valence-corrected chi connectivity index (χ0v) is 20.9. The van der Waals surface area contributed by atoms with Gasteiger partial charge in [-0.25, -0.2) is 9.97 Å². The van der Waals surface area contributed by atoms with Crippen molar-refractivity contribution in [2.75, 3.05) is 13.7 Å². The molecule has 2 aliphatic rings. The lowest BCUT2D eigenvalue weighted by molar-refractivity contribution is 0.0588. The monoisotopic (exact) mass is 489 g/mol. The Balaban J connectivity index is 1.28. The third kappa shape index (κ3) is 3.38. The van der Waals surface area contributed by atoms with Crippen molar-refractivity contribution in [1.82, 2.24) is 24.3 Å². The lowest BCUT2D eigenvalue weighted by atomic mass is 9.90. The summed E-state index contributed by atoms with van der Waals surface area (Å²) in [4.78, 5) is 28.9. The lowest BCUT2D eigenvalue weighted by Gasteiger charge is -2.23. The third-order valence-corrected chi connectivity index (χ3v) is 7.96. The van der Waals surface area contributed by atoms with E-state index >= 15 is 0 Å². The number of benzene rings is 2. The zero-order chi connectivity index (χ0) is 25.1. The summed E-state index contributed by atoms with van der Waals surface area (Å²) in [6.45, 7) is 3.13. The molecule has 1 aliphatic carbocycles. The van der Waals surface area contributed by atoms with Crippen molar-refractivity contribution >= 4 is 22.6 Å². The number of imidazole rings is 1. The average molecular weight is 490 g/mol. The van der Waals surface area contributed by atoms with E-state index in [1.54, 1.807) is 7.11 Å². The van der Waals surface area contributed by atoms with E-state index in [1.165, 1.54) is 5.56 Å². The standard InChI is InChI=1S/C30H27N5O2/c1-19(18-37-2)34-16-22-13-21(8-9-24(22)28(34)36)23-14-32-29-33-15-26(35(29)17-23)30(10-11-30)25-7-3-5-20-6-4-12-31-27(20)25/h3-9,12-15,17,19H,10-11,16,18H2,1-2H3. The van der Waals surface area contributed by atoms with E-state index in [0.29, 0.717) is 18.9 Å². The highest BCUT2D eigenvalue weighted by Crippen LogP contribution is 2.54. The molecular weight excluding hydrogens is 462 g/mol. The van der Waals surface area contributed by atoms with Gasteiger partial charge in [-0.1, -0.05) is 30.3 Å². The summed E-state index contributed by atoms with van der Waals surface area (Å²) in [6, 6.07) is 16.6. The number of pyridine rings is 1. The molecule has 2 aromatic carbocycles. The summed E-state index contributed by atoms with van der Waals surface area (Å²) in [5.74, 6) is 0.755. The van der Waals surface area contributed by atoms with Gasteiger partial charge in [0.05, 0.1) is 30.1 Å². The van der Waals surface area contributed by atoms with E-state index in [0.717, 1.165) is 51.7 Å². The molecule has 0 radical (unpaired) electrons. The van der Waals surface area contributed by atoms with Crippen LogP contribution in [0.15, 0.2) is 73.3 Å². The molecular formula is C30H27N5O2. The van der Waals surface area contributed by atoms with Gasteiger partial charge in [0.1, 0.15) is 0 Å². The first-order valence-corrected chi connectivity index (χ1v) is 12.7. The number of nitrogens with zero attached hydrogens (tertiary/aromatic N) is 5. The summed E-state index contributed by atoms with van der Waals surface area (Å²) < 4.78 is 7.41. The van der Waals surface area contributed by atoms with Crippen LogP contribution >= 0.6 is 0 Å². The molecule has 1 aliphatic heterocycles. The van der Waals surface area contributed by atoms with Crippen molar-refractivity contribution in [3.8, 4) is 11.1 Å². The van der Waals surface area contributed by atoms with Crippen LogP contribution in [0.25, 0.3) is 27.8 Å². The normalized spacial score (nSPS) is 16.9. The number of carbonyl (C=O) groups is 1. The molecule has 0 N–H and O–H groups in total. The number of fused-ring (bicyclic) bond motifs is 3. The van der Waals surface area contributed by atoms with Gasteiger partial charge in [-0.3, -0.25) is 14.2 Å². The fraction of sp³-hybridized carbons (Fsp3) is 0.267. The van der Waals surface area contributed by atoms with Crippen molar-refractivity contribution in [1.29, 1.82) is 0 Å². The maximum atomic E-state index is 12.9. The summed E-state index contributed by atoms with van der Waals surface area (Å²) >= 11 is 0. The van der Waals surface area contributed by atoms with Crippen molar-refractivity contribution in [3.63, 3.8) is 0 Å². The Morgan fingerprint density at radius 1 is 1.03 bits per heavy atom. The number of ether oxygens (including phenoxy) is 1. The minimum absolute atomic E-state index is 0.0261. The van der Waals surface area contributed by atoms with Crippen LogP contribution in [0.4, 0.5) is 0 Å². The number of hydrogen-bond donors (Lipinski definition) is 0. The molecule has 37 heavy (non-hydrogen) atoms. The van der Waals surface area contributed by atoms with Crippen LogP contribution in [-0.2, 0) is 16.7 Å². The number of amides is 1. The molecule has 1 saturated carbocycles. The second-order valence-electron chi connectivity index (χ2n) is 10.2. The van der Waals surface area contributed by atoms with E-state index in [9.17, 15) is 4.79 Å². The molecule has 3 aromatic heterocycles. The summed E-state index contributed by atoms with van der Waals surface area (Å²) in [5, 5.41) is 1.15. The zero-order valence-electron chi connectivity index (χ0n) is 20.9. The summed E-state index contributed by atoms with van der Waals surface area (Å²) in [6.07, 6.45) is 9.94. The second-order valence-corrected chi connectivity index (χ2v) is 10.2. The van der Waals surface area contributed by atoms with Crippen molar-refractivity contribution in [2.45, 2.75) is 37.8 Å². The molecule has 1 amide bonds. The minimum atomic E-state index is -0.115. The van der Waals surface area contributed by atoms with E-state index in [2.05, 4.69) is 45.9 Å². The molecule has 0 bridgehead atoms. The van der Waals surface area contributed by atoms with E-state index in [-0.39, 0.29) is 17.4 Å². The van der Waals surface area contributed by atoms with Gasteiger partial charge in [-0.15, -0.1) is 0 Å². The van der Waals surface area contributed by atoms with E-state index < -0.39 is 0 Å². The number of carbonyl (C=O) groups excluding carboxylic acids is 1. The third-order valence-electron chi connectivity index (χ3n) is 7.96. The van der Waals surface area contributed by atoms with Crippen LogP contribution in [0.2, 0.25) is 0 Å². The number of rotatable bonds is 6. The molecule has 7 heteroatoms. The van der Waals surface area contributed by atoms with Gasteiger partial charge in [-0.2, -0.15) is 0 Å². The molecule has 7 rings (SSSR count). The fourth-order valence-electron chi connectivity index (χ4n) is 5.87. The molecule has 184 valence electrons. The summed E-state index contributed by atoms with van der Waals surface area (Å²) in [5.41, 5.74) is 7.18. The maximum Gasteiger partial charge on any atom is 0.254 e. The Hall–Kier alpha value is -4.10. The van der Waals surface area contributed by atoms with E-state index in [4.69, 9.17) is 14.7 Å². The number of aromatic nitrogens is 4. The van der Waals surface area contributed by atoms with Gasteiger partial charge in [-0.05, 0) is 54.7 Å². The highest BCUT2D eigenvalue weighted by atomic mass is 16.5. The van der Waals surface area contributed by atoms with Crippen LogP contribution in [0, 0.1) is 0 Å². The van der Waals surface area contributed by atoms with Gasteiger partial charge in [0.15, 0.2) is 0 Å². The van der Waals surface area contributed by atoms with Gasteiger partial charge in [0.2, 0.25) is 5.78 Å². The first-order valence-electron chi connectivity index (χ1n) is 12.7. The Morgan fingerprint density at radius 2 is 1.86 bits per heavy atom. The first kappa shape index (κ1) is 22.1. The van der Waals surface area contributed by atoms with Gasteiger partial charge < -0.3 is 9.64 Å². The molecule has 1 fully saturated rings. The lowest BCUT2D eigenvalue weighted by Crippen LogP contribution is -2.36. The quantitative estimate of drug-likeness (QED) is 0.335. The van der Waals surface area contributed by atoms with Crippen LogP contribution in [-0.4, -0.2) is 49.9 Å². The second kappa shape index (κ2) is 8.21. The molecule has 1 unspecified atom stereocenters. The smallest absolute Gasteiger partial charge is 0.254 e. The van der Waals surface area contributed by atoms with Crippen molar-refractivity contribution in [3.05, 3.63) is 95.7 Å². The molecule has 5 aromatic rings. The number of hydrogen-bond acceptors (Lipinski definition) is 5. The Bertz CT molecular complexity index is 1680. The molecule has 4 heterocycles. The Morgan fingerprint density at radius 3 is 2.70 bits per heavy atom. The minimum Gasteiger partial charge on any atom is -0.383 e. The number of para-hydroxylation sites is 1.